The van der Waals surface area contributed by atoms with Crippen molar-refractivity contribution in [2.24, 2.45) is 0 Å². The molecule has 0 unspecified atom stereocenters. The molecule has 0 fully saturated rings. The highest BCUT2D eigenvalue weighted by atomic mass is 16.3. The number of rotatable bonds is 4. The lowest BCUT2D eigenvalue weighted by Crippen LogP contribution is -2.32. The second-order valence-corrected chi connectivity index (χ2v) is 5.26. The SMILES string of the molecule is CCc1cccc2c1CCN(CCc1ccco1)C2. The van der Waals surface area contributed by atoms with Crippen molar-refractivity contribution < 1.29 is 4.42 Å². The molecule has 100 valence electrons. The Morgan fingerprint density at radius 1 is 1.21 bits per heavy atom. The van der Waals surface area contributed by atoms with Gasteiger partial charge in [0.2, 0.25) is 0 Å². The Morgan fingerprint density at radius 3 is 2.95 bits per heavy atom. The Labute approximate surface area is 115 Å². The summed E-state index contributed by atoms with van der Waals surface area (Å²) < 4.78 is 5.40. The van der Waals surface area contributed by atoms with Crippen LogP contribution in [0.2, 0.25) is 0 Å². The zero-order valence-electron chi connectivity index (χ0n) is 11.6. The van der Waals surface area contributed by atoms with E-state index in [4.69, 9.17) is 4.42 Å². The van der Waals surface area contributed by atoms with Crippen LogP contribution in [0.4, 0.5) is 0 Å². The van der Waals surface area contributed by atoms with Gasteiger partial charge in [0.15, 0.2) is 0 Å². The molecule has 0 atom stereocenters. The molecule has 3 rings (SSSR count). The van der Waals surface area contributed by atoms with Gasteiger partial charge in [0.25, 0.3) is 0 Å². The van der Waals surface area contributed by atoms with Crippen LogP contribution < -0.4 is 0 Å². The van der Waals surface area contributed by atoms with E-state index in [-0.39, 0.29) is 0 Å². The summed E-state index contributed by atoms with van der Waals surface area (Å²) >= 11 is 0. The molecule has 0 amide bonds. The van der Waals surface area contributed by atoms with Crippen molar-refractivity contribution in [1.29, 1.82) is 0 Å². The molecule has 0 N–H and O–H groups in total. The van der Waals surface area contributed by atoms with Crippen LogP contribution >= 0.6 is 0 Å². The van der Waals surface area contributed by atoms with E-state index >= 15 is 0 Å². The first kappa shape index (κ1) is 12.5. The first-order chi connectivity index (χ1) is 9.36. The van der Waals surface area contributed by atoms with Gasteiger partial charge in [-0.15, -0.1) is 0 Å². The van der Waals surface area contributed by atoms with Crippen molar-refractivity contribution in [3.8, 4) is 0 Å². The van der Waals surface area contributed by atoms with E-state index in [0.29, 0.717) is 0 Å². The van der Waals surface area contributed by atoms with Crippen LogP contribution in [0.3, 0.4) is 0 Å². The summed E-state index contributed by atoms with van der Waals surface area (Å²) in [4.78, 5) is 2.53. The standard InChI is InChI=1S/C17H21NO/c1-2-14-5-3-6-15-13-18(11-9-17(14)15)10-8-16-7-4-12-19-16/h3-7,12H,2,8-11,13H2,1H3. The lowest BCUT2D eigenvalue weighted by atomic mass is 9.93. The zero-order valence-corrected chi connectivity index (χ0v) is 11.6. The third-order valence-corrected chi connectivity index (χ3v) is 4.08. The van der Waals surface area contributed by atoms with E-state index in [1.807, 2.05) is 6.07 Å². The molecular formula is C17H21NO. The van der Waals surface area contributed by atoms with Crippen LogP contribution in [-0.4, -0.2) is 18.0 Å². The first-order valence-electron chi connectivity index (χ1n) is 7.21. The lowest BCUT2D eigenvalue weighted by molar-refractivity contribution is 0.251. The number of furan rings is 1. The summed E-state index contributed by atoms with van der Waals surface area (Å²) in [5.74, 6) is 1.09. The molecule has 0 bridgehead atoms. The summed E-state index contributed by atoms with van der Waals surface area (Å²) in [5.41, 5.74) is 4.65. The average molecular weight is 255 g/mol. The molecule has 19 heavy (non-hydrogen) atoms. The molecule has 0 saturated heterocycles. The molecule has 2 aromatic rings. The maximum atomic E-state index is 5.40. The van der Waals surface area contributed by atoms with E-state index in [2.05, 4.69) is 36.1 Å². The van der Waals surface area contributed by atoms with Crippen LogP contribution in [0.15, 0.2) is 41.0 Å². The number of nitrogens with zero attached hydrogens (tertiary/aromatic N) is 1. The molecule has 0 radical (unpaired) electrons. The van der Waals surface area contributed by atoms with E-state index in [0.717, 1.165) is 31.7 Å². The Hall–Kier alpha value is -1.54. The third-order valence-electron chi connectivity index (χ3n) is 4.08. The minimum absolute atomic E-state index is 1.01. The van der Waals surface area contributed by atoms with E-state index in [9.17, 15) is 0 Å². The monoisotopic (exact) mass is 255 g/mol. The Morgan fingerprint density at radius 2 is 2.16 bits per heavy atom. The quantitative estimate of drug-likeness (QED) is 0.832. The molecule has 1 aliphatic heterocycles. The van der Waals surface area contributed by atoms with Gasteiger partial charge in [0.1, 0.15) is 5.76 Å². The number of hydrogen-bond acceptors (Lipinski definition) is 2. The minimum Gasteiger partial charge on any atom is -0.469 e. The van der Waals surface area contributed by atoms with Crippen molar-refractivity contribution in [2.75, 3.05) is 13.1 Å². The van der Waals surface area contributed by atoms with Gasteiger partial charge < -0.3 is 4.42 Å². The van der Waals surface area contributed by atoms with Crippen molar-refractivity contribution >= 4 is 0 Å². The van der Waals surface area contributed by atoms with Crippen molar-refractivity contribution in [3.63, 3.8) is 0 Å². The van der Waals surface area contributed by atoms with Gasteiger partial charge in [0.05, 0.1) is 6.26 Å². The summed E-state index contributed by atoms with van der Waals surface area (Å²) in [6.45, 7) is 5.59. The van der Waals surface area contributed by atoms with Crippen LogP contribution in [0, 0.1) is 0 Å². The van der Waals surface area contributed by atoms with E-state index < -0.39 is 0 Å². The van der Waals surface area contributed by atoms with Crippen LogP contribution in [0.25, 0.3) is 0 Å². The summed E-state index contributed by atoms with van der Waals surface area (Å²) in [5, 5.41) is 0. The fourth-order valence-corrected chi connectivity index (χ4v) is 2.99. The van der Waals surface area contributed by atoms with E-state index in [1.54, 1.807) is 11.8 Å². The molecule has 0 saturated carbocycles. The molecule has 1 aromatic heterocycles. The third kappa shape index (κ3) is 2.74. The molecule has 2 nitrogen and oxygen atoms in total. The summed E-state index contributed by atoms with van der Waals surface area (Å²) in [6, 6.07) is 10.8. The topological polar surface area (TPSA) is 16.4 Å². The highest BCUT2D eigenvalue weighted by molar-refractivity contribution is 5.37. The Bertz CT molecular complexity index is 530. The summed E-state index contributed by atoms with van der Waals surface area (Å²) in [6.07, 6.45) is 5.11. The maximum absolute atomic E-state index is 5.40. The van der Waals surface area contributed by atoms with Gasteiger partial charge >= 0.3 is 0 Å². The van der Waals surface area contributed by atoms with Gasteiger partial charge in [-0.1, -0.05) is 25.1 Å². The Kier molecular flexibility index (Phi) is 3.69. The number of hydrogen-bond donors (Lipinski definition) is 0. The normalized spacial score (nSPS) is 15.4. The predicted octanol–water partition coefficient (Wildman–Crippen LogP) is 3.44. The van der Waals surface area contributed by atoms with Gasteiger partial charge in [0, 0.05) is 26.1 Å². The van der Waals surface area contributed by atoms with Crippen LogP contribution in [0.5, 0.6) is 0 Å². The van der Waals surface area contributed by atoms with Gasteiger partial charge in [-0.25, -0.2) is 0 Å². The molecule has 1 aromatic carbocycles. The van der Waals surface area contributed by atoms with Crippen molar-refractivity contribution in [2.45, 2.75) is 32.7 Å². The van der Waals surface area contributed by atoms with E-state index in [1.165, 1.54) is 24.1 Å². The van der Waals surface area contributed by atoms with Gasteiger partial charge in [-0.05, 0) is 41.7 Å². The zero-order chi connectivity index (χ0) is 13.1. The highest BCUT2D eigenvalue weighted by Crippen LogP contribution is 2.23. The molecule has 1 aliphatic rings. The fourth-order valence-electron chi connectivity index (χ4n) is 2.99. The second-order valence-electron chi connectivity index (χ2n) is 5.26. The highest BCUT2D eigenvalue weighted by Gasteiger charge is 2.17. The minimum atomic E-state index is 1.01. The molecule has 2 heterocycles. The smallest absolute Gasteiger partial charge is 0.105 e. The number of benzene rings is 1. The largest absolute Gasteiger partial charge is 0.469 e. The van der Waals surface area contributed by atoms with Crippen molar-refractivity contribution in [3.05, 3.63) is 59.0 Å². The number of fused-ring (bicyclic) bond motifs is 1. The number of aryl methyl sites for hydroxylation is 1. The lowest BCUT2D eigenvalue weighted by Gasteiger charge is -2.29. The van der Waals surface area contributed by atoms with Crippen LogP contribution in [0.1, 0.15) is 29.4 Å². The molecule has 0 spiro atoms. The van der Waals surface area contributed by atoms with Gasteiger partial charge in [-0.3, -0.25) is 4.90 Å². The van der Waals surface area contributed by atoms with Gasteiger partial charge in [-0.2, -0.15) is 0 Å². The van der Waals surface area contributed by atoms with Crippen molar-refractivity contribution in [1.82, 2.24) is 4.90 Å². The molecular weight excluding hydrogens is 234 g/mol. The first-order valence-corrected chi connectivity index (χ1v) is 7.21. The fraction of sp³-hybridized carbons (Fsp3) is 0.412. The average Bonchev–Trinajstić information content (AvgIpc) is 2.97. The van der Waals surface area contributed by atoms with Crippen LogP contribution in [-0.2, 0) is 25.8 Å². The Balaban J connectivity index is 1.65. The maximum Gasteiger partial charge on any atom is 0.105 e. The summed E-state index contributed by atoms with van der Waals surface area (Å²) in [7, 11) is 0. The predicted molar refractivity (Wildman–Crippen MR) is 77.2 cm³/mol. The second kappa shape index (κ2) is 5.62. The molecule has 2 heteroatoms. The molecule has 0 aliphatic carbocycles.